The summed E-state index contributed by atoms with van der Waals surface area (Å²) in [6.07, 6.45) is 2.12. The SMILES string of the molecule is O=C(O)C1c2ccccc2CCN1C(=O)Cn1cc(Br)ccc1=O. The maximum Gasteiger partial charge on any atom is 0.331 e. The van der Waals surface area contributed by atoms with Gasteiger partial charge in [0.25, 0.3) is 5.56 Å². The van der Waals surface area contributed by atoms with Gasteiger partial charge in [-0.2, -0.15) is 0 Å². The number of carboxylic acids is 1. The molecule has 0 radical (unpaired) electrons. The maximum absolute atomic E-state index is 12.6. The van der Waals surface area contributed by atoms with Gasteiger partial charge < -0.3 is 14.6 Å². The van der Waals surface area contributed by atoms with Crippen molar-refractivity contribution in [3.05, 3.63) is 68.5 Å². The van der Waals surface area contributed by atoms with Gasteiger partial charge in [0.2, 0.25) is 5.91 Å². The largest absolute Gasteiger partial charge is 0.479 e. The minimum atomic E-state index is -1.07. The van der Waals surface area contributed by atoms with Crippen molar-refractivity contribution in [2.75, 3.05) is 6.54 Å². The summed E-state index contributed by atoms with van der Waals surface area (Å²) in [6, 6.07) is 9.17. The summed E-state index contributed by atoms with van der Waals surface area (Å²) in [6.45, 7) is 0.125. The molecule has 6 nitrogen and oxygen atoms in total. The lowest BCUT2D eigenvalue weighted by molar-refractivity contribution is -0.151. The van der Waals surface area contributed by atoms with Crippen LogP contribution in [0.5, 0.6) is 0 Å². The molecule has 1 atom stereocenters. The predicted octanol–water partition coefficient (Wildman–Crippen LogP) is 1.82. The Morgan fingerprint density at radius 1 is 1.21 bits per heavy atom. The Balaban J connectivity index is 1.91. The van der Waals surface area contributed by atoms with E-state index in [1.54, 1.807) is 18.2 Å². The monoisotopic (exact) mass is 390 g/mol. The number of amides is 1. The van der Waals surface area contributed by atoms with Crippen LogP contribution in [-0.4, -0.2) is 33.0 Å². The molecule has 1 aliphatic rings. The number of aromatic nitrogens is 1. The van der Waals surface area contributed by atoms with Crippen molar-refractivity contribution in [2.24, 2.45) is 0 Å². The van der Waals surface area contributed by atoms with Crippen LogP contribution in [0.15, 0.2) is 51.9 Å². The van der Waals surface area contributed by atoms with Gasteiger partial charge in [-0.3, -0.25) is 9.59 Å². The minimum Gasteiger partial charge on any atom is -0.479 e. The van der Waals surface area contributed by atoms with Gasteiger partial charge in [0.05, 0.1) is 0 Å². The van der Waals surface area contributed by atoms with Gasteiger partial charge in [-0.1, -0.05) is 24.3 Å². The summed E-state index contributed by atoms with van der Waals surface area (Å²) >= 11 is 3.26. The highest BCUT2D eigenvalue weighted by Gasteiger charge is 2.35. The van der Waals surface area contributed by atoms with E-state index in [9.17, 15) is 19.5 Å². The number of halogens is 1. The van der Waals surface area contributed by atoms with Crippen molar-refractivity contribution < 1.29 is 14.7 Å². The molecule has 1 unspecified atom stereocenters. The first-order valence-electron chi connectivity index (χ1n) is 7.43. The van der Waals surface area contributed by atoms with Crippen LogP contribution in [0.1, 0.15) is 17.2 Å². The standard InChI is InChI=1S/C17H15BrN2O4/c18-12-5-6-14(21)19(9-12)10-15(22)20-8-7-11-3-1-2-4-13(11)16(20)17(23)24/h1-6,9,16H,7-8,10H2,(H,23,24). The molecule has 1 aliphatic heterocycles. The molecular formula is C17H15BrN2O4. The average molecular weight is 391 g/mol. The number of pyridine rings is 1. The van der Waals surface area contributed by atoms with E-state index in [0.29, 0.717) is 23.0 Å². The molecule has 2 aromatic rings. The zero-order valence-corrected chi connectivity index (χ0v) is 14.3. The molecule has 124 valence electrons. The average Bonchev–Trinajstić information content (AvgIpc) is 2.56. The summed E-state index contributed by atoms with van der Waals surface area (Å²) in [4.78, 5) is 37.6. The fraction of sp³-hybridized carbons (Fsp3) is 0.235. The lowest BCUT2D eigenvalue weighted by Crippen LogP contribution is -2.45. The molecule has 24 heavy (non-hydrogen) atoms. The number of carbonyl (C=O) groups is 2. The number of carbonyl (C=O) groups excluding carboxylic acids is 1. The van der Waals surface area contributed by atoms with Crippen LogP contribution in [0.3, 0.4) is 0 Å². The van der Waals surface area contributed by atoms with Crippen LogP contribution in [-0.2, 0) is 22.6 Å². The summed E-state index contributed by atoms with van der Waals surface area (Å²) in [5.41, 5.74) is 1.26. The Morgan fingerprint density at radius 3 is 2.71 bits per heavy atom. The highest BCUT2D eigenvalue weighted by Crippen LogP contribution is 2.30. The lowest BCUT2D eigenvalue weighted by atomic mass is 9.92. The van der Waals surface area contributed by atoms with E-state index in [1.807, 2.05) is 12.1 Å². The van der Waals surface area contributed by atoms with Crippen LogP contribution in [0, 0.1) is 0 Å². The number of hydrogen-bond donors (Lipinski definition) is 1. The fourth-order valence-electron chi connectivity index (χ4n) is 2.96. The van der Waals surface area contributed by atoms with Gasteiger partial charge in [0, 0.05) is 23.3 Å². The molecule has 3 rings (SSSR count). The van der Waals surface area contributed by atoms with Gasteiger partial charge in [-0.15, -0.1) is 0 Å². The number of nitrogens with zero attached hydrogens (tertiary/aromatic N) is 2. The molecule has 7 heteroatoms. The third kappa shape index (κ3) is 3.12. The summed E-state index contributed by atoms with van der Waals surface area (Å²) in [5.74, 6) is -1.46. The zero-order valence-electron chi connectivity index (χ0n) is 12.7. The topological polar surface area (TPSA) is 79.6 Å². The summed E-state index contributed by atoms with van der Waals surface area (Å²) in [7, 11) is 0. The first-order chi connectivity index (χ1) is 11.5. The van der Waals surface area contributed by atoms with E-state index in [-0.39, 0.29) is 12.1 Å². The fourth-order valence-corrected chi connectivity index (χ4v) is 3.34. The zero-order chi connectivity index (χ0) is 17.3. The van der Waals surface area contributed by atoms with Crippen LogP contribution in [0.2, 0.25) is 0 Å². The van der Waals surface area contributed by atoms with Crippen LogP contribution < -0.4 is 5.56 Å². The maximum atomic E-state index is 12.6. The highest BCUT2D eigenvalue weighted by molar-refractivity contribution is 9.10. The van der Waals surface area contributed by atoms with E-state index in [0.717, 1.165) is 5.56 Å². The molecule has 0 spiro atoms. The molecule has 2 heterocycles. The van der Waals surface area contributed by atoms with Crippen molar-refractivity contribution >= 4 is 27.8 Å². The second-order valence-electron chi connectivity index (χ2n) is 5.59. The van der Waals surface area contributed by atoms with Gasteiger partial charge in [0.15, 0.2) is 6.04 Å². The van der Waals surface area contributed by atoms with Crippen molar-refractivity contribution in [3.63, 3.8) is 0 Å². The number of fused-ring (bicyclic) bond motifs is 1. The quantitative estimate of drug-likeness (QED) is 0.866. The third-order valence-corrected chi connectivity index (χ3v) is 4.56. The number of hydrogen-bond acceptors (Lipinski definition) is 3. The van der Waals surface area contributed by atoms with Crippen LogP contribution in [0.4, 0.5) is 0 Å². The van der Waals surface area contributed by atoms with Crippen molar-refractivity contribution in [1.29, 1.82) is 0 Å². The minimum absolute atomic E-state index is 0.190. The summed E-state index contributed by atoms with van der Waals surface area (Å²) in [5, 5.41) is 9.60. The Morgan fingerprint density at radius 2 is 1.96 bits per heavy atom. The molecule has 0 saturated heterocycles. The Hall–Kier alpha value is -2.41. The second kappa shape index (κ2) is 6.60. The van der Waals surface area contributed by atoms with Gasteiger partial charge >= 0.3 is 5.97 Å². The summed E-state index contributed by atoms with van der Waals surface area (Å²) < 4.78 is 1.94. The Labute approximate surface area is 146 Å². The third-order valence-electron chi connectivity index (χ3n) is 4.09. The number of benzene rings is 1. The van der Waals surface area contributed by atoms with E-state index < -0.39 is 17.9 Å². The Bertz CT molecular complexity index is 862. The van der Waals surface area contributed by atoms with Gasteiger partial charge in [-0.25, -0.2) is 4.79 Å². The number of rotatable bonds is 3. The first kappa shape index (κ1) is 16.4. The molecule has 1 amide bonds. The van der Waals surface area contributed by atoms with Crippen LogP contribution >= 0.6 is 15.9 Å². The van der Waals surface area contributed by atoms with Crippen molar-refractivity contribution in [2.45, 2.75) is 19.0 Å². The van der Waals surface area contributed by atoms with Crippen LogP contribution in [0.25, 0.3) is 0 Å². The smallest absolute Gasteiger partial charge is 0.331 e. The molecule has 0 aliphatic carbocycles. The lowest BCUT2D eigenvalue weighted by Gasteiger charge is -2.34. The second-order valence-corrected chi connectivity index (χ2v) is 6.51. The molecule has 0 bridgehead atoms. The van der Waals surface area contributed by atoms with E-state index in [4.69, 9.17) is 0 Å². The molecule has 1 aromatic heterocycles. The number of aliphatic carboxylic acids is 1. The van der Waals surface area contributed by atoms with Gasteiger partial charge in [-0.05, 0) is 39.5 Å². The highest BCUT2D eigenvalue weighted by atomic mass is 79.9. The first-order valence-corrected chi connectivity index (χ1v) is 8.23. The van der Waals surface area contributed by atoms with Crippen molar-refractivity contribution in [3.8, 4) is 0 Å². The number of carboxylic acid groups (broad SMARTS) is 1. The Kier molecular flexibility index (Phi) is 4.53. The molecular weight excluding hydrogens is 376 g/mol. The molecule has 0 fully saturated rings. The molecule has 1 N–H and O–H groups in total. The molecule has 0 saturated carbocycles. The van der Waals surface area contributed by atoms with E-state index >= 15 is 0 Å². The van der Waals surface area contributed by atoms with Gasteiger partial charge in [0.1, 0.15) is 6.54 Å². The normalized spacial score (nSPS) is 16.5. The predicted molar refractivity (Wildman–Crippen MR) is 90.6 cm³/mol. The van der Waals surface area contributed by atoms with E-state index in [2.05, 4.69) is 15.9 Å². The van der Waals surface area contributed by atoms with Crippen molar-refractivity contribution in [1.82, 2.24) is 9.47 Å². The van der Waals surface area contributed by atoms with E-state index in [1.165, 1.54) is 21.7 Å². The molecule has 1 aromatic carbocycles.